The molecule has 1 fully saturated rings. The number of rotatable bonds is 4. The molecule has 1 saturated carbocycles. The molecule has 0 bridgehead atoms. The van der Waals surface area contributed by atoms with Gasteiger partial charge in [0.05, 0.1) is 6.61 Å². The van der Waals surface area contributed by atoms with Gasteiger partial charge in [0, 0.05) is 21.7 Å². The summed E-state index contributed by atoms with van der Waals surface area (Å²) in [5.41, 5.74) is 1.85. The lowest BCUT2D eigenvalue weighted by Crippen LogP contribution is -2.35. The number of halogens is 1. The number of carbonyl (C=O) groups excluding carboxylic acids is 1. The van der Waals surface area contributed by atoms with Gasteiger partial charge >= 0.3 is 0 Å². The first-order valence-corrected chi connectivity index (χ1v) is 6.89. The molecule has 1 aromatic carbocycles. The van der Waals surface area contributed by atoms with Crippen molar-refractivity contribution in [3.8, 4) is 0 Å². The fraction of sp³-hybridized carbons (Fsp3) is 0.462. The molecule has 1 aliphatic rings. The highest BCUT2D eigenvalue weighted by Gasteiger charge is 2.32. The third-order valence-electron chi connectivity index (χ3n) is 2.99. The van der Waals surface area contributed by atoms with Crippen LogP contribution < -0.4 is 0 Å². The summed E-state index contributed by atoms with van der Waals surface area (Å²) < 4.78 is 1.17. The number of benzene rings is 1. The number of aliphatic hydroxyl groups is 1. The van der Waals surface area contributed by atoms with Crippen molar-refractivity contribution in [1.29, 1.82) is 0 Å². The van der Waals surface area contributed by atoms with E-state index in [2.05, 4.69) is 22.6 Å². The van der Waals surface area contributed by atoms with Crippen LogP contribution in [-0.4, -0.2) is 35.1 Å². The van der Waals surface area contributed by atoms with E-state index >= 15 is 0 Å². The molecule has 1 aromatic rings. The van der Waals surface area contributed by atoms with Gasteiger partial charge in [-0.15, -0.1) is 0 Å². The fourth-order valence-electron chi connectivity index (χ4n) is 1.89. The average molecular weight is 345 g/mol. The SMILES string of the molecule is Cc1cc(C(=O)N(CCO)C2CC2)ccc1I. The Morgan fingerprint density at radius 2 is 2.24 bits per heavy atom. The predicted octanol–water partition coefficient (Wildman–Crippen LogP) is 2.20. The van der Waals surface area contributed by atoms with Gasteiger partial charge in [0.1, 0.15) is 0 Å². The zero-order valence-corrected chi connectivity index (χ0v) is 12.0. The number of nitrogens with zero attached hydrogens (tertiary/aromatic N) is 1. The van der Waals surface area contributed by atoms with Crippen LogP contribution in [0.15, 0.2) is 18.2 Å². The summed E-state index contributed by atoms with van der Waals surface area (Å²) in [4.78, 5) is 14.1. The third-order valence-corrected chi connectivity index (χ3v) is 4.20. The molecule has 4 heteroatoms. The second kappa shape index (κ2) is 5.35. The van der Waals surface area contributed by atoms with Crippen LogP contribution >= 0.6 is 22.6 Å². The lowest BCUT2D eigenvalue weighted by molar-refractivity contribution is 0.0707. The van der Waals surface area contributed by atoms with E-state index in [1.54, 1.807) is 4.90 Å². The Balaban J connectivity index is 2.19. The standard InChI is InChI=1S/C13H16INO2/c1-9-8-10(2-5-12(9)14)13(17)15(6-7-16)11-3-4-11/h2,5,8,11,16H,3-4,6-7H2,1H3. The van der Waals surface area contributed by atoms with Crippen molar-refractivity contribution in [2.45, 2.75) is 25.8 Å². The van der Waals surface area contributed by atoms with E-state index in [0.29, 0.717) is 12.6 Å². The van der Waals surface area contributed by atoms with Gasteiger partial charge in [-0.1, -0.05) is 0 Å². The van der Waals surface area contributed by atoms with Gasteiger partial charge in [-0.2, -0.15) is 0 Å². The van der Waals surface area contributed by atoms with Gasteiger partial charge in [-0.3, -0.25) is 4.79 Å². The van der Waals surface area contributed by atoms with Gasteiger partial charge in [-0.25, -0.2) is 0 Å². The fourth-order valence-corrected chi connectivity index (χ4v) is 2.22. The van der Waals surface area contributed by atoms with Crippen LogP contribution in [0.1, 0.15) is 28.8 Å². The predicted molar refractivity (Wildman–Crippen MR) is 75.0 cm³/mol. The van der Waals surface area contributed by atoms with Gasteiger partial charge in [0.15, 0.2) is 0 Å². The van der Waals surface area contributed by atoms with Gasteiger partial charge < -0.3 is 10.0 Å². The number of amides is 1. The highest BCUT2D eigenvalue weighted by molar-refractivity contribution is 14.1. The molecule has 2 rings (SSSR count). The van der Waals surface area contributed by atoms with Crippen LogP contribution in [0.25, 0.3) is 0 Å². The summed E-state index contributed by atoms with van der Waals surface area (Å²) >= 11 is 2.26. The first-order valence-electron chi connectivity index (χ1n) is 5.81. The van der Waals surface area contributed by atoms with Crippen LogP contribution in [0.3, 0.4) is 0 Å². The second-order valence-electron chi connectivity index (χ2n) is 4.42. The number of hydrogen-bond donors (Lipinski definition) is 1. The van der Waals surface area contributed by atoms with Crippen LogP contribution in [0.5, 0.6) is 0 Å². The van der Waals surface area contributed by atoms with Crippen LogP contribution in [-0.2, 0) is 0 Å². The maximum atomic E-state index is 12.3. The molecule has 0 aliphatic heterocycles. The van der Waals surface area contributed by atoms with Gasteiger partial charge in [-0.05, 0) is 66.1 Å². The van der Waals surface area contributed by atoms with Crippen molar-refractivity contribution in [3.63, 3.8) is 0 Å². The monoisotopic (exact) mass is 345 g/mol. The Morgan fingerprint density at radius 3 is 2.76 bits per heavy atom. The van der Waals surface area contributed by atoms with Crippen molar-refractivity contribution in [2.24, 2.45) is 0 Å². The Hall–Kier alpha value is -0.620. The summed E-state index contributed by atoms with van der Waals surface area (Å²) in [6, 6.07) is 6.10. The minimum atomic E-state index is 0.0333. The van der Waals surface area contributed by atoms with Crippen molar-refractivity contribution in [3.05, 3.63) is 32.9 Å². The Morgan fingerprint density at radius 1 is 1.53 bits per heavy atom. The zero-order valence-electron chi connectivity index (χ0n) is 9.82. The van der Waals surface area contributed by atoms with E-state index in [9.17, 15) is 4.79 Å². The molecule has 0 unspecified atom stereocenters. The molecule has 0 atom stereocenters. The number of aryl methyl sites for hydroxylation is 1. The zero-order chi connectivity index (χ0) is 12.4. The van der Waals surface area contributed by atoms with E-state index in [1.807, 2.05) is 25.1 Å². The Kier molecular flexibility index (Phi) is 4.04. The summed E-state index contributed by atoms with van der Waals surface area (Å²) in [5.74, 6) is 0.0426. The maximum absolute atomic E-state index is 12.3. The van der Waals surface area contributed by atoms with Crippen molar-refractivity contribution in [2.75, 3.05) is 13.2 Å². The minimum Gasteiger partial charge on any atom is -0.395 e. The molecular formula is C13H16INO2. The molecule has 0 spiro atoms. The molecule has 17 heavy (non-hydrogen) atoms. The molecule has 92 valence electrons. The van der Waals surface area contributed by atoms with Crippen molar-refractivity contribution in [1.82, 2.24) is 4.90 Å². The van der Waals surface area contributed by atoms with Crippen LogP contribution in [0.2, 0.25) is 0 Å². The Labute approximate surface area is 115 Å². The lowest BCUT2D eigenvalue weighted by Gasteiger charge is -2.21. The number of carbonyl (C=O) groups is 1. The van der Waals surface area contributed by atoms with Crippen molar-refractivity contribution < 1.29 is 9.90 Å². The first kappa shape index (κ1) is 12.8. The average Bonchev–Trinajstić information content (AvgIpc) is 3.13. The molecule has 0 aromatic heterocycles. The van der Waals surface area contributed by atoms with E-state index < -0.39 is 0 Å². The smallest absolute Gasteiger partial charge is 0.254 e. The molecule has 3 nitrogen and oxygen atoms in total. The Bertz CT molecular complexity index is 429. The third kappa shape index (κ3) is 2.98. The summed E-state index contributed by atoms with van der Waals surface area (Å²) in [5, 5.41) is 9.01. The van der Waals surface area contributed by atoms with E-state index in [1.165, 1.54) is 3.57 Å². The molecule has 1 amide bonds. The molecular weight excluding hydrogens is 329 g/mol. The van der Waals surface area contributed by atoms with E-state index in [4.69, 9.17) is 5.11 Å². The molecule has 1 N–H and O–H groups in total. The van der Waals surface area contributed by atoms with Gasteiger partial charge in [0.2, 0.25) is 0 Å². The van der Waals surface area contributed by atoms with E-state index in [0.717, 1.165) is 24.0 Å². The summed E-state index contributed by atoms with van der Waals surface area (Å²) in [6.07, 6.45) is 2.13. The lowest BCUT2D eigenvalue weighted by atomic mass is 10.1. The highest BCUT2D eigenvalue weighted by Crippen LogP contribution is 2.28. The van der Waals surface area contributed by atoms with Crippen molar-refractivity contribution >= 4 is 28.5 Å². The van der Waals surface area contributed by atoms with Crippen LogP contribution in [0.4, 0.5) is 0 Å². The summed E-state index contributed by atoms with van der Waals surface area (Å²) in [6.45, 7) is 2.48. The number of aliphatic hydroxyl groups excluding tert-OH is 1. The quantitative estimate of drug-likeness (QED) is 0.850. The first-order chi connectivity index (χ1) is 8.13. The largest absolute Gasteiger partial charge is 0.395 e. The minimum absolute atomic E-state index is 0.0333. The molecule has 1 aliphatic carbocycles. The van der Waals surface area contributed by atoms with Crippen LogP contribution in [0, 0.1) is 10.5 Å². The second-order valence-corrected chi connectivity index (χ2v) is 5.58. The molecule has 0 heterocycles. The highest BCUT2D eigenvalue weighted by atomic mass is 127. The molecule has 0 radical (unpaired) electrons. The maximum Gasteiger partial charge on any atom is 0.254 e. The van der Waals surface area contributed by atoms with Gasteiger partial charge in [0.25, 0.3) is 5.91 Å². The van der Waals surface area contributed by atoms with E-state index in [-0.39, 0.29) is 12.5 Å². The number of hydrogen-bond acceptors (Lipinski definition) is 2. The summed E-state index contributed by atoms with van der Waals surface area (Å²) in [7, 11) is 0. The topological polar surface area (TPSA) is 40.5 Å². The normalized spacial score (nSPS) is 14.8. The molecule has 0 saturated heterocycles.